The number of ether oxygens (including phenoxy) is 2. The lowest BCUT2D eigenvalue weighted by Gasteiger charge is -2.39. The zero-order valence-electron chi connectivity index (χ0n) is 21.2. The Morgan fingerprint density at radius 1 is 1.08 bits per heavy atom. The Kier molecular flexibility index (Phi) is 7.39. The van der Waals surface area contributed by atoms with E-state index in [0.717, 1.165) is 16.2 Å². The Balaban J connectivity index is 1.90. The molecule has 2 aliphatic heterocycles. The second kappa shape index (κ2) is 10.2. The highest BCUT2D eigenvalue weighted by atomic mass is 19.4. The molecule has 1 aromatic carbocycles. The van der Waals surface area contributed by atoms with Gasteiger partial charge in [-0.15, -0.1) is 0 Å². The molecule has 10 heteroatoms. The van der Waals surface area contributed by atoms with Gasteiger partial charge in [-0.1, -0.05) is 44.2 Å². The average molecular weight is 521 g/mol. The van der Waals surface area contributed by atoms with Crippen molar-refractivity contribution in [2.24, 2.45) is 17.8 Å². The highest BCUT2D eigenvalue weighted by Gasteiger charge is 2.58. The summed E-state index contributed by atoms with van der Waals surface area (Å²) in [5.41, 5.74) is -0.909. The topological polar surface area (TPSA) is 77.8 Å². The zero-order valence-corrected chi connectivity index (χ0v) is 21.2. The molecule has 7 nitrogen and oxygen atoms in total. The minimum atomic E-state index is -4.86. The van der Waals surface area contributed by atoms with Crippen LogP contribution in [0.1, 0.15) is 61.0 Å². The summed E-state index contributed by atoms with van der Waals surface area (Å²) in [7, 11) is 0. The number of benzene rings is 1. The van der Waals surface area contributed by atoms with E-state index in [1.165, 1.54) is 6.92 Å². The number of likely N-dealkylation sites (tertiary alicyclic amines) is 1. The van der Waals surface area contributed by atoms with E-state index in [4.69, 9.17) is 9.47 Å². The van der Waals surface area contributed by atoms with E-state index in [9.17, 15) is 27.6 Å². The first kappa shape index (κ1) is 26.8. The maximum absolute atomic E-state index is 14.1. The molecule has 3 heterocycles. The van der Waals surface area contributed by atoms with Crippen molar-refractivity contribution in [3.63, 3.8) is 0 Å². The van der Waals surface area contributed by atoms with Crippen molar-refractivity contribution in [3.05, 3.63) is 58.9 Å². The predicted molar refractivity (Wildman–Crippen MR) is 127 cm³/mol. The number of fused-ring (bicyclic) bond motifs is 2. The molecular formula is C27H31F3N2O5. The molecule has 1 fully saturated rings. The van der Waals surface area contributed by atoms with Crippen LogP contribution in [-0.4, -0.2) is 46.6 Å². The Labute approximate surface area is 213 Å². The van der Waals surface area contributed by atoms with Crippen molar-refractivity contribution in [2.45, 2.75) is 58.9 Å². The van der Waals surface area contributed by atoms with Crippen LogP contribution in [0, 0.1) is 17.8 Å². The Morgan fingerprint density at radius 3 is 2.30 bits per heavy atom. The maximum atomic E-state index is 14.1. The Hall–Kier alpha value is -3.30. The van der Waals surface area contributed by atoms with E-state index in [1.807, 2.05) is 44.2 Å². The summed E-state index contributed by atoms with van der Waals surface area (Å²) >= 11 is 0. The third-order valence-corrected chi connectivity index (χ3v) is 7.19. The van der Waals surface area contributed by atoms with Crippen molar-refractivity contribution in [3.8, 4) is 0 Å². The van der Waals surface area contributed by atoms with Gasteiger partial charge >= 0.3 is 18.1 Å². The summed E-state index contributed by atoms with van der Waals surface area (Å²) in [6, 6.07) is 8.50. The smallest absolute Gasteiger partial charge is 0.418 e. The summed E-state index contributed by atoms with van der Waals surface area (Å²) in [5, 5.41) is 0. The third-order valence-electron chi connectivity index (χ3n) is 7.19. The number of nitrogens with zero attached hydrogens (tertiary/aromatic N) is 2. The van der Waals surface area contributed by atoms with Crippen molar-refractivity contribution in [1.29, 1.82) is 0 Å². The van der Waals surface area contributed by atoms with Gasteiger partial charge in [0.25, 0.3) is 0 Å². The largest absolute Gasteiger partial charge is 0.464 e. The lowest BCUT2D eigenvalue weighted by atomic mass is 9.75. The maximum Gasteiger partial charge on any atom is 0.418 e. The van der Waals surface area contributed by atoms with E-state index < -0.39 is 53.3 Å². The molecule has 200 valence electrons. The SMILES string of the molecule is CCOC(=O)c1c(C(F)(F)F)cc2n1[C@@H](C(=O)OCC)[C@@H]1[C@@H](C2)C(=O)N(Cc2ccccc2)[C@H]1C(C)C. The Morgan fingerprint density at radius 2 is 1.73 bits per heavy atom. The van der Waals surface area contributed by atoms with Crippen LogP contribution in [0.25, 0.3) is 0 Å². The van der Waals surface area contributed by atoms with Crippen LogP contribution in [0.4, 0.5) is 13.2 Å². The number of esters is 2. The Bertz CT molecular complexity index is 1170. The molecule has 0 radical (unpaired) electrons. The number of alkyl halides is 3. The lowest BCUT2D eigenvalue weighted by molar-refractivity contribution is -0.151. The molecule has 1 saturated heterocycles. The fourth-order valence-corrected chi connectivity index (χ4v) is 5.93. The quantitative estimate of drug-likeness (QED) is 0.497. The molecular weight excluding hydrogens is 489 g/mol. The molecule has 0 spiro atoms. The fourth-order valence-electron chi connectivity index (χ4n) is 5.93. The van der Waals surface area contributed by atoms with E-state index in [2.05, 4.69) is 0 Å². The van der Waals surface area contributed by atoms with Gasteiger partial charge in [-0.3, -0.25) is 4.79 Å². The number of carbonyl (C=O) groups is 3. The van der Waals surface area contributed by atoms with Crippen LogP contribution >= 0.6 is 0 Å². The number of hydrogen-bond acceptors (Lipinski definition) is 5. The van der Waals surface area contributed by atoms with Gasteiger partial charge in [0.2, 0.25) is 5.91 Å². The normalized spacial score (nSPS) is 23.1. The number of carbonyl (C=O) groups excluding carboxylic acids is 3. The van der Waals surface area contributed by atoms with Gasteiger partial charge < -0.3 is 18.9 Å². The molecule has 4 atom stereocenters. The molecule has 2 aromatic rings. The third kappa shape index (κ3) is 4.73. The van der Waals surface area contributed by atoms with Gasteiger partial charge in [0.15, 0.2) is 0 Å². The van der Waals surface area contributed by atoms with E-state index in [-0.39, 0.29) is 37.2 Å². The second-order valence-corrected chi connectivity index (χ2v) is 9.76. The number of aromatic nitrogens is 1. The number of hydrogen-bond donors (Lipinski definition) is 0. The number of rotatable bonds is 7. The van der Waals surface area contributed by atoms with Gasteiger partial charge in [-0.2, -0.15) is 13.2 Å². The summed E-state index contributed by atoms with van der Waals surface area (Å²) in [4.78, 5) is 41.8. The first-order valence-corrected chi connectivity index (χ1v) is 12.5. The van der Waals surface area contributed by atoms with Crippen LogP contribution < -0.4 is 0 Å². The van der Waals surface area contributed by atoms with E-state index in [1.54, 1.807) is 11.8 Å². The molecule has 0 N–H and O–H groups in total. The number of halogens is 3. The van der Waals surface area contributed by atoms with Crippen LogP contribution in [0.2, 0.25) is 0 Å². The summed E-state index contributed by atoms with van der Waals surface area (Å²) < 4.78 is 53.7. The molecule has 2 aliphatic rings. The van der Waals surface area contributed by atoms with Gasteiger partial charge in [-0.05, 0) is 37.8 Å². The average Bonchev–Trinajstić information content (AvgIpc) is 3.35. The van der Waals surface area contributed by atoms with Crippen LogP contribution in [0.3, 0.4) is 0 Å². The monoisotopic (exact) mass is 520 g/mol. The summed E-state index contributed by atoms with van der Waals surface area (Å²) in [6.07, 6.45) is -4.89. The second-order valence-electron chi connectivity index (χ2n) is 9.76. The lowest BCUT2D eigenvalue weighted by Crippen LogP contribution is -2.46. The van der Waals surface area contributed by atoms with E-state index >= 15 is 0 Å². The van der Waals surface area contributed by atoms with Crippen molar-refractivity contribution < 1.29 is 37.0 Å². The molecule has 1 aromatic heterocycles. The zero-order chi connectivity index (χ0) is 27.1. The van der Waals surface area contributed by atoms with Gasteiger partial charge in [-0.25, -0.2) is 9.59 Å². The van der Waals surface area contributed by atoms with Gasteiger partial charge in [0.05, 0.1) is 24.7 Å². The molecule has 4 rings (SSSR count). The summed E-state index contributed by atoms with van der Waals surface area (Å²) in [6.45, 7) is 7.10. The molecule has 0 bridgehead atoms. The first-order chi connectivity index (χ1) is 17.5. The summed E-state index contributed by atoms with van der Waals surface area (Å²) in [5.74, 6) is -3.70. The molecule has 0 aliphatic carbocycles. The van der Waals surface area contributed by atoms with Crippen molar-refractivity contribution in [1.82, 2.24) is 9.47 Å². The molecule has 1 amide bonds. The minimum Gasteiger partial charge on any atom is -0.464 e. The molecule has 0 saturated carbocycles. The van der Waals surface area contributed by atoms with Crippen LogP contribution in [0.5, 0.6) is 0 Å². The first-order valence-electron chi connectivity index (χ1n) is 12.5. The highest BCUT2D eigenvalue weighted by molar-refractivity contribution is 5.92. The van der Waals surface area contributed by atoms with Gasteiger partial charge in [0, 0.05) is 24.2 Å². The predicted octanol–water partition coefficient (Wildman–Crippen LogP) is 4.64. The van der Waals surface area contributed by atoms with Gasteiger partial charge in [0.1, 0.15) is 11.7 Å². The highest BCUT2D eigenvalue weighted by Crippen LogP contribution is 2.50. The standard InChI is InChI=1S/C27H31F3N2O5/c1-5-36-25(34)22-19(27(28,29)30)13-17-12-18-20(23(32(17)22)26(35)37-6-2)21(15(3)4)31(24(18)33)14-16-10-8-7-9-11-16/h7-11,13,15,18,20-21,23H,5-6,12,14H2,1-4H3/t18-,20-,21+,23-/m1/s1. The van der Waals surface area contributed by atoms with Crippen LogP contribution in [0.15, 0.2) is 36.4 Å². The fraction of sp³-hybridized carbons (Fsp3) is 0.519. The van der Waals surface area contributed by atoms with Crippen molar-refractivity contribution in [2.75, 3.05) is 13.2 Å². The molecule has 37 heavy (non-hydrogen) atoms. The minimum absolute atomic E-state index is 0.00177. The number of amides is 1. The van der Waals surface area contributed by atoms with Crippen molar-refractivity contribution >= 4 is 17.8 Å². The van der Waals surface area contributed by atoms with Crippen LogP contribution in [-0.2, 0) is 38.2 Å². The molecule has 0 unspecified atom stereocenters. The van der Waals surface area contributed by atoms with E-state index in [0.29, 0.717) is 6.54 Å².